The first-order valence-corrected chi connectivity index (χ1v) is 5.76. The molecule has 2 N–H and O–H groups in total. The molecule has 1 fully saturated rings. The molecule has 0 amide bonds. The summed E-state index contributed by atoms with van der Waals surface area (Å²) in [7, 11) is 0. The number of hydrogen-bond acceptors (Lipinski definition) is 2. The van der Waals surface area contributed by atoms with Crippen molar-refractivity contribution in [3.8, 4) is 0 Å². The van der Waals surface area contributed by atoms with Crippen LogP contribution in [0.25, 0.3) is 0 Å². The molecule has 2 rings (SSSR count). The molecule has 0 unspecified atom stereocenters. The molecule has 1 aliphatic carbocycles. The minimum atomic E-state index is -0.156. The Morgan fingerprint density at radius 2 is 2.00 bits per heavy atom. The van der Waals surface area contributed by atoms with E-state index in [0.29, 0.717) is 6.04 Å². The fraction of sp³-hybridized carbons (Fsp3) is 0.538. The predicted molar refractivity (Wildman–Crippen MR) is 61.6 cm³/mol. The van der Waals surface area contributed by atoms with Gasteiger partial charge in [0.25, 0.3) is 0 Å². The van der Waals surface area contributed by atoms with Crippen molar-refractivity contribution in [2.75, 3.05) is 0 Å². The van der Waals surface area contributed by atoms with Gasteiger partial charge in [-0.05, 0) is 31.7 Å². The molecule has 1 saturated carbocycles. The van der Waals surface area contributed by atoms with E-state index in [0.717, 1.165) is 19.3 Å². The normalized spacial score (nSPS) is 27.9. The summed E-state index contributed by atoms with van der Waals surface area (Å²) < 4.78 is 0. The van der Waals surface area contributed by atoms with Crippen molar-refractivity contribution >= 4 is 0 Å². The molecule has 15 heavy (non-hydrogen) atoms. The Morgan fingerprint density at radius 1 is 1.27 bits per heavy atom. The Bertz CT molecular complexity index is 299. The molecule has 3 atom stereocenters. The van der Waals surface area contributed by atoms with Crippen molar-refractivity contribution in [1.29, 1.82) is 0 Å². The molecule has 0 heterocycles. The van der Waals surface area contributed by atoms with Crippen LogP contribution in [0.4, 0.5) is 0 Å². The number of rotatable bonds is 3. The number of hydrogen-bond donors (Lipinski definition) is 2. The summed E-state index contributed by atoms with van der Waals surface area (Å²) in [6.45, 7) is 2.15. The average Bonchev–Trinajstić information content (AvgIpc) is 2.66. The summed E-state index contributed by atoms with van der Waals surface area (Å²) >= 11 is 0. The van der Waals surface area contributed by atoms with Crippen LogP contribution < -0.4 is 5.32 Å². The molecule has 82 valence electrons. The molecule has 0 saturated heterocycles. The highest BCUT2D eigenvalue weighted by molar-refractivity contribution is 5.18. The van der Waals surface area contributed by atoms with Gasteiger partial charge in [-0.25, -0.2) is 0 Å². The van der Waals surface area contributed by atoms with Gasteiger partial charge in [-0.2, -0.15) is 0 Å². The van der Waals surface area contributed by atoms with Crippen LogP contribution in [-0.2, 0) is 0 Å². The van der Waals surface area contributed by atoms with Gasteiger partial charge in [0.1, 0.15) is 0 Å². The van der Waals surface area contributed by atoms with Gasteiger partial charge >= 0.3 is 0 Å². The number of nitrogens with one attached hydrogen (secondary N) is 1. The predicted octanol–water partition coefficient (Wildman–Crippen LogP) is 2.25. The van der Waals surface area contributed by atoms with Crippen LogP contribution >= 0.6 is 0 Å². The van der Waals surface area contributed by atoms with E-state index in [1.165, 1.54) is 5.56 Å². The van der Waals surface area contributed by atoms with Crippen molar-refractivity contribution in [2.45, 2.75) is 44.4 Å². The van der Waals surface area contributed by atoms with E-state index in [-0.39, 0.29) is 12.1 Å². The molecule has 2 nitrogen and oxygen atoms in total. The molecule has 0 spiro atoms. The smallest absolute Gasteiger partial charge is 0.0693 e. The van der Waals surface area contributed by atoms with Crippen LogP contribution in [0.1, 0.15) is 37.8 Å². The van der Waals surface area contributed by atoms with E-state index in [2.05, 4.69) is 36.5 Å². The maximum absolute atomic E-state index is 9.72. The lowest BCUT2D eigenvalue weighted by Crippen LogP contribution is -2.37. The van der Waals surface area contributed by atoms with Crippen molar-refractivity contribution in [3.63, 3.8) is 0 Å². The lowest BCUT2D eigenvalue weighted by Gasteiger charge is -2.22. The third-order valence-corrected chi connectivity index (χ3v) is 3.24. The summed E-state index contributed by atoms with van der Waals surface area (Å²) in [5.41, 5.74) is 1.29. The molecule has 2 heteroatoms. The molecule has 0 radical (unpaired) electrons. The standard InChI is InChI=1S/C13H19NO/c1-10(11-6-3-2-4-7-11)14-12-8-5-9-13(12)15/h2-4,6-7,10,12-15H,5,8-9H2,1H3/t10-,12+,13+/m1/s1. The van der Waals surface area contributed by atoms with Gasteiger partial charge in [-0.1, -0.05) is 30.3 Å². The van der Waals surface area contributed by atoms with E-state index in [9.17, 15) is 5.11 Å². The average molecular weight is 205 g/mol. The molecule has 0 bridgehead atoms. The monoisotopic (exact) mass is 205 g/mol. The Labute approximate surface area is 91.3 Å². The second-order valence-electron chi connectivity index (χ2n) is 4.40. The van der Waals surface area contributed by atoms with Crippen LogP contribution in [-0.4, -0.2) is 17.3 Å². The minimum absolute atomic E-state index is 0.156. The Hall–Kier alpha value is -0.860. The highest BCUT2D eigenvalue weighted by atomic mass is 16.3. The van der Waals surface area contributed by atoms with Crippen molar-refractivity contribution in [2.24, 2.45) is 0 Å². The molecular formula is C13H19NO. The zero-order chi connectivity index (χ0) is 10.7. The summed E-state index contributed by atoms with van der Waals surface area (Å²) in [4.78, 5) is 0. The largest absolute Gasteiger partial charge is 0.392 e. The quantitative estimate of drug-likeness (QED) is 0.793. The van der Waals surface area contributed by atoms with Crippen LogP contribution in [0.2, 0.25) is 0 Å². The van der Waals surface area contributed by atoms with Crippen LogP contribution in [0.15, 0.2) is 30.3 Å². The molecule has 1 aromatic rings. The Morgan fingerprint density at radius 3 is 2.60 bits per heavy atom. The molecule has 1 aliphatic rings. The molecular weight excluding hydrogens is 186 g/mol. The number of aliphatic hydroxyl groups is 1. The van der Waals surface area contributed by atoms with Gasteiger partial charge in [0.15, 0.2) is 0 Å². The maximum atomic E-state index is 9.72. The van der Waals surface area contributed by atoms with Crippen LogP contribution in [0, 0.1) is 0 Å². The van der Waals surface area contributed by atoms with E-state index < -0.39 is 0 Å². The Balaban J connectivity index is 1.95. The second kappa shape index (κ2) is 4.77. The van der Waals surface area contributed by atoms with Gasteiger partial charge in [0.05, 0.1) is 6.10 Å². The zero-order valence-electron chi connectivity index (χ0n) is 9.19. The van der Waals surface area contributed by atoms with Crippen molar-refractivity contribution < 1.29 is 5.11 Å². The van der Waals surface area contributed by atoms with E-state index >= 15 is 0 Å². The van der Waals surface area contributed by atoms with Crippen LogP contribution in [0.5, 0.6) is 0 Å². The second-order valence-corrected chi connectivity index (χ2v) is 4.40. The molecule has 0 aromatic heterocycles. The molecule has 1 aromatic carbocycles. The lowest BCUT2D eigenvalue weighted by molar-refractivity contribution is 0.144. The van der Waals surface area contributed by atoms with Crippen molar-refractivity contribution in [1.82, 2.24) is 5.32 Å². The third-order valence-electron chi connectivity index (χ3n) is 3.24. The van der Waals surface area contributed by atoms with Crippen molar-refractivity contribution in [3.05, 3.63) is 35.9 Å². The Kier molecular flexibility index (Phi) is 3.39. The summed E-state index contributed by atoms with van der Waals surface area (Å²) in [5, 5.41) is 13.2. The van der Waals surface area contributed by atoms with Gasteiger partial charge in [0, 0.05) is 12.1 Å². The van der Waals surface area contributed by atoms with Gasteiger partial charge in [0.2, 0.25) is 0 Å². The van der Waals surface area contributed by atoms with Gasteiger partial charge in [-0.15, -0.1) is 0 Å². The first-order valence-electron chi connectivity index (χ1n) is 5.76. The first-order chi connectivity index (χ1) is 7.27. The van der Waals surface area contributed by atoms with E-state index in [1.54, 1.807) is 0 Å². The minimum Gasteiger partial charge on any atom is -0.392 e. The number of benzene rings is 1. The van der Waals surface area contributed by atoms with Gasteiger partial charge < -0.3 is 10.4 Å². The van der Waals surface area contributed by atoms with E-state index in [1.807, 2.05) is 6.07 Å². The lowest BCUT2D eigenvalue weighted by atomic mass is 10.1. The SMILES string of the molecule is C[C@@H](N[C@H]1CCC[C@@H]1O)c1ccccc1. The topological polar surface area (TPSA) is 32.3 Å². The fourth-order valence-electron chi connectivity index (χ4n) is 2.29. The highest BCUT2D eigenvalue weighted by Gasteiger charge is 2.26. The summed E-state index contributed by atoms with van der Waals surface area (Å²) in [6, 6.07) is 11.0. The maximum Gasteiger partial charge on any atom is 0.0693 e. The third kappa shape index (κ3) is 2.58. The van der Waals surface area contributed by atoms with Crippen LogP contribution in [0.3, 0.4) is 0 Å². The van der Waals surface area contributed by atoms with E-state index in [4.69, 9.17) is 0 Å². The highest BCUT2D eigenvalue weighted by Crippen LogP contribution is 2.22. The van der Waals surface area contributed by atoms with Gasteiger partial charge in [-0.3, -0.25) is 0 Å². The number of aliphatic hydroxyl groups excluding tert-OH is 1. The molecule has 0 aliphatic heterocycles. The summed E-state index contributed by atoms with van der Waals surface area (Å²) in [5.74, 6) is 0. The first kappa shape index (κ1) is 10.7. The fourth-order valence-corrected chi connectivity index (χ4v) is 2.29. The summed E-state index contributed by atoms with van der Waals surface area (Å²) in [6.07, 6.45) is 3.02. The zero-order valence-corrected chi connectivity index (χ0v) is 9.19.